The van der Waals surface area contributed by atoms with Gasteiger partial charge in [-0.25, -0.2) is 4.79 Å². The van der Waals surface area contributed by atoms with Gasteiger partial charge < -0.3 is 5.11 Å². The number of hydrogen-bond acceptors (Lipinski definition) is 1. The molecule has 0 radical (unpaired) electrons. The molecule has 3 atom stereocenters. The number of carbonyl (C=O) groups is 1. The van der Waals surface area contributed by atoms with Gasteiger partial charge in [0.2, 0.25) is 0 Å². The predicted octanol–water partition coefficient (Wildman–Crippen LogP) is 3.79. The van der Waals surface area contributed by atoms with Crippen LogP contribution in [0.4, 0.5) is 0 Å². The van der Waals surface area contributed by atoms with Crippen molar-refractivity contribution in [3.8, 4) is 0 Å². The standard InChI is InChI=1S/C15H22O2/c1-9-4-5-13-10(2)6-12(8-14(9)13)7-11(3)15(16)17/h7,10,12-13H,4-6,8H2,1-3H3,(H,16,17). The Hall–Kier alpha value is -1.05. The molecule has 0 aromatic heterocycles. The average molecular weight is 234 g/mol. The van der Waals surface area contributed by atoms with E-state index >= 15 is 0 Å². The number of aliphatic carboxylic acids is 1. The van der Waals surface area contributed by atoms with E-state index in [-0.39, 0.29) is 0 Å². The van der Waals surface area contributed by atoms with Crippen LogP contribution in [0.15, 0.2) is 22.8 Å². The summed E-state index contributed by atoms with van der Waals surface area (Å²) >= 11 is 0. The van der Waals surface area contributed by atoms with E-state index in [0.717, 1.165) is 18.8 Å². The predicted molar refractivity (Wildman–Crippen MR) is 68.7 cm³/mol. The fourth-order valence-corrected chi connectivity index (χ4v) is 3.54. The zero-order valence-electron chi connectivity index (χ0n) is 11.0. The maximum Gasteiger partial charge on any atom is 0.330 e. The second-order valence-corrected chi connectivity index (χ2v) is 5.78. The van der Waals surface area contributed by atoms with E-state index in [0.29, 0.717) is 17.4 Å². The van der Waals surface area contributed by atoms with Gasteiger partial charge in [-0.15, -0.1) is 0 Å². The zero-order valence-corrected chi connectivity index (χ0v) is 11.0. The quantitative estimate of drug-likeness (QED) is 0.583. The minimum atomic E-state index is -0.781. The molecular weight excluding hydrogens is 212 g/mol. The van der Waals surface area contributed by atoms with Crippen LogP contribution in [0.5, 0.6) is 0 Å². The molecule has 17 heavy (non-hydrogen) atoms. The molecule has 2 aliphatic carbocycles. The van der Waals surface area contributed by atoms with E-state index in [2.05, 4.69) is 13.8 Å². The van der Waals surface area contributed by atoms with Gasteiger partial charge in [0.15, 0.2) is 0 Å². The van der Waals surface area contributed by atoms with Crippen LogP contribution in [0.3, 0.4) is 0 Å². The van der Waals surface area contributed by atoms with Gasteiger partial charge >= 0.3 is 5.97 Å². The van der Waals surface area contributed by atoms with E-state index in [1.54, 1.807) is 18.1 Å². The SMILES string of the molecule is CC(=CC1CC2=C(C)CCC2C(C)C1)C(=O)O. The first-order valence-electron chi connectivity index (χ1n) is 6.59. The third-order valence-electron chi connectivity index (χ3n) is 4.49. The minimum absolute atomic E-state index is 0.431. The Bertz CT molecular complexity index is 390. The lowest BCUT2D eigenvalue weighted by Crippen LogP contribution is -2.23. The van der Waals surface area contributed by atoms with Crippen LogP contribution in [0.25, 0.3) is 0 Å². The Kier molecular flexibility index (Phi) is 3.41. The summed E-state index contributed by atoms with van der Waals surface area (Å²) in [7, 11) is 0. The lowest BCUT2D eigenvalue weighted by atomic mass is 9.72. The number of rotatable bonds is 2. The molecule has 0 heterocycles. The summed E-state index contributed by atoms with van der Waals surface area (Å²) < 4.78 is 0. The van der Waals surface area contributed by atoms with Crippen molar-refractivity contribution in [1.29, 1.82) is 0 Å². The van der Waals surface area contributed by atoms with Crippen molar-refractivity contribution < 1.29 is 9.90 Å². The van der Waals surface area contributed by atoms with Gasteiger partial charge in [0.25, 0.3) is 0 Å². The second-order valence-electron chi connectivity index (χ2n) is 5.78. The number of hydrogen-bond donors (Lipinski definition) is 1. The molecule has 2 heteroatoms. The fraction of sp³-hybridized carbons (Fsp3) is 0.667. The number of carboxylic acid groups (broad SMARTS) is 1. The molecule has 94 valence electrons. The molecule has 0 bridgehead atoms. The zero-order chi connectivity index (χ0) is 12.6. The highest BCUT2D eigenvalue weighted by molar-refractivity contribution is 5.85. The van der Waals surface area contributed by atoms with E-state index < -0.39 is 5.97 Å². The summed E-state index contributed by atoms with van der Waals surface area (Å²) in [4.78, 5) is 10.9. The molecule has 3 unspecified atom stereocenters. The molecule has 1 fully saturated rings. The van der Waals surface area contributed by atoms with Gasteiger partial charge in [0.05, 0.1) is 0 Å². The molecule has 1 saturated carbocycles. The number of allylic oxidation sites excluding steroid dienone is 3. The third-order valence-corrected chi connectivity index (χ3v) is 4.49. The second kappa shape index (κ2) is 4.67. The monoisotopic (exact) mass is 234 g/mol. The van der Waals surface area contributed by atoms with Gasteiger partial charge in [0, 0.05) is 5.57 Å². The minimum Gasteiger partial charge on any atom is -0.478 e. The summed E-state index contributed by atoms with van der Waals surface area (Å²) in [6, 6.07) is 0. The van der Waals surface area contributed by atoms with Crippen molar-refractivity contribution in [1.82, 2.24) is 0 Å². The first kappa shape index (κ1) is 12.4. The highest BCUT2D eigenvalue weighted by Crippen LogP contribution is 2.47. The topological polar surface area (TPSA) is 37.3 Å². The van der Waals surface area contributed by atoms with E-state index in [1.807, 2.05) is 6.08 Å². The average Bonchev–Trinajstić information content (AvgIpc) is 2.61. The summed E-state index contributed by atoms with van der Waals surface area (Å²) in [6.07, 6.45) is 6.76. The third kappa shape index (κ3) is 2.46. The van der Waals surface area contributed by atoms with Crippen LogP contribution in [-0.2, 0) is 4.79 Å². The van der Waals surface area contributed by atoms with Gasteiger partial charge in [-0.05, 0) is 57.3 Å². The summed E-state index contributed by atoms with van der Waals surface area (Å²) in [5, 5.41) is 8.94. The summed E-state index contributed by atoms with van der Waals surface area (Å²) in [5.41, 5.74) is 3.69. The van der Waals surface area contributed by atoms with Crippen molar-refractivity contribution in [2.75, 3.05) is 0 Å². The number of fused-ring (bicyclic) bond motifs is 1. The Labute approximate surface area is 103 Å². The van der Waals surface area contributed by atoms with Crippen LogP contribution in [0, 0.1) is 17.8 Å². The molecule has 0 aliphatic heterocycles. The lowest BCUT2D eigenvalue weighted by Gasteiger charge is -2.33. The van der Waals surface area contributed by atoms with Gasteiger partial charge in [-0.3, -0.25) is 0 Å². The summed E-state index contributed by atoms with van der Waals surface area (Å²) in [6.45, 7) is 6.27. The molecule has 0 saturated heterocycles. The maximum absolute atomic E-state index is 10.9. The van der Waals surface area contributed by atoms with Gasteiger partial charge in [-0.1, -0.05) is 24.1 Å². The Balaban J connectivity index is 2.16. The van der Waals surface area contributed by atoms with Gasteiger partial charge in [0.1, 0.15) is 0 Å². The molecule has 2 rings (SSSR count). The highest BCUT2D eigenvalue weighted by atomic mass is 16.4. The Morgan fingerprint density at radius 1 is 1.47 bits per heavy atom. The largest absolute Gasteiger partial charge is 0.478 e. The van der Waals surface area contributed by atoms with Crippen LogP contribution >= 0.6 is 0 Å². The number of carboxylic acids is 1. The Morgan fingerprint density at radius 3 is 2.82 bits per heavy atom. The van der Waals surface area contributed by atoms with E-state index in [1.165, 1.54) is 12.8 Å². The van der Waals surface area contributed by atoms with Crippen molar-refractivity contribution in [3.63, 3.8) is 0 Å². The normalized spacial score (nSPS) is 33.8. The van der Waals surface area contributed by atoms with Crippen LogP contribution < -0.4 is 0 Å². The van der Waals surface area contributed by atoms with Crippen LogP contribution in [0.2, 0.25) is 0 Å². The highest BCUT2D eigenvalue weighted by Gasteiger charge is 2.34. The van der Waals surface area contributed by atoms with Crippen molar-refractivity contribution in [3.05, 3.63) is 22.8 Å². The maximum atomic E-state index is 10.9. The molecule has 0 spiro atoms. The Morgan fingerprint density at radius 2 is 2.18 bits per heavy atom. The first-order chi connectivity index (χ1) is 7.99. The van der Waals surface area contributed by atoms with Crippen molar-refractivity contribution in [2.45, 2.75) is 46.5 Å². The van der Waals surface area contributed by atoms with Crippen molar-refractivity contribution >= 4 is 5.97 Å². The van der Waals surface area contributed by atoms with E-state index in [4.69, 9.17) is 5.11 Å². The van der Waals surface area contributed by atoms with Crippen LogP contribution in [0.1, 0.15) is 46.5 Å². The fourth-order valence-electron chi connectivity index (χ4n) is 3.54. The molecule has 1 N–H and O–H groups in total. The van der Waals surface area contributed by atoms with Crippen molar-refractivity contribution in [2.24, 2.45) is 17.8 Å². The van der Waals surface area contributed by atoms with E-state index in [9.17, 15) is 4.79 Å². The molecule has 0 amide bonds. The first-order valence-corrected chi connectivity index (χ1v) is 6.59. The van der Waals surface area contributed by atoms with Crippen LogP contribution in [-0.4, -0.2) is 11.1 Å². The smallest absolute Gasteiger partial charge is 0.330 e. The molecule has 0 aromatic carbocycles. The molecule has 0 aromatic rings. The molecule has 2 nitrogen and oxygen atoms in total. The molecular formula is C15H22O2. The lowest BCUT2D eigenvalue weighted by molar-refractivity contribution is -0.132. The molecule has 2 aliphatic rings. The van der Waals surface area contributed by atoms with Gasteiger partial charge in [-0.2, -0.15) is 0 Å². The summed E-state index contributed by atoms with van der Waals surface area (Å²) in [5.74, 6) is 1.14.